The number of rotatable bonds is 4. The van der Waals surface area contributed by atoms with Crippen molar-refractivity contribution in [3.05, 3.63) is 33.4 Å². The molecule has 0 spiro atoms. The predicted octanol–water partition coefficient (Wildman–Crippen LogP) is 3.37. The summed E-state index contributed by atoms with van der Waals surface area (Å²) in [5.41, 5.74) is 1.20. The summed E-state index contributed by atoms with van der Waals surface area (Å²) in [7, 11) is 1.45. The van der Waals surface area contributed by atoms with Gasteiger partial charge in [-0.25, -0.2) is 4.39 Å². The molecule has 2 aliphatic heterocycles. The smallest absolute Gasteiger partial charge is 0.310 e. The van der Waals surface area contributed by atoms with Crippen molar-refractivity contribution in [2.45, 2.75) is 37.3 Å². The molecule has 2 bridgehead atoms. The van der Waals surface area contributed by atoms with Crippen molar-refractivity contribution >= 4 is 28.6 Å². The van der Waals surface area contributed by atoms with E-state index >= 15 is 0 Å². The van der Waals surface area contributed by atoms with Crippen LogP contribution in [0, 0.1) is 9.49 Å². The number of hydrogen-bond donors (Lipinski definition) is 0. The first-order valence-electron chi connectivity index (χ1n) is 7.80. The number of benzene rings is 1. The Balaban J connectivity index is 1.92. The van der Waals surface area contributed by atoms with Crippen LogP contribution in [-0.4, -0.2) is 43.3 Å². The number of ether oxygens (including phenoxy) is 1. The molecule has 4 unspecified atom stereocenters. The van der Waals surface area contributed by atoms with E-state index in [1.807, 2.05) is 0 Å². The standard InChI is InChI=1S/C17H21FINO2/c1-22-17(21)16-14(11-2-4-12(19)5-3-11)10-13-6-7-15(16)20(13)9-8-18/h2-5,13-16H,6-10H2,1H3/i1-1. The van der Waals surface area contributed by atoms with Gasteiger partial charge in [0.15, 0.2) is 0 Å². The van der Waals surface area contributed by atoms with Gasteiger partial charge in [0, 0.05) is 28.1 Å². The van der Waals surface area contributed by atoms with Gasteiger partial charge < -0.3 is 4.74 Å². The molecule has 1 aromatic carbocycles. The molecule has 2 saturated heterocycles. The van der Waals surface area contributed by atoms with E-state index in [4.69, 9.17) is 4.74 Å². The lowest BCUT2D eigenvalue weighted by Crippen LogP contribution is -2.51. The minimum absolute atomic E-state index is 0.117. The molecule has 5 heteroatoms. The molecule has 2 heterocycles. The van der Waals surface area contributed by atoms with Crippen LogP contribution in [0.1, 0.15) is 30.7 Å². The van der Waals surface area contributed by atoms with E-state index in [-0.39, 0.29) is 30.5 Å². The summed E-state index contributed by atoms with van der Waals surface area (Å²) in [6.07, 6.45) is 2.93. The maximum Gasteiger partial charge on any atom is 0.310 e. The lowest BCUT2D eigenvalue weighted by Gasteiger charge is -2.43. The zero-order valence-electron chi connectivity index (χ0n) is 12.7. The summed E-state index contributed by atoms with van der Waals surface area (Å²) in [5.74, 6) is -0.161. The van der Waals surface area contributed by atoms with Crippen LogP contribution in [0.25, 0.3) is 0 Å². The van der Waals surface area contributed by atoms with Crippen molar-refractivity contribution in [3.63, 3.8) is 0 Å². The third-order valence-corrected chi connectivity index (χ3v) is 5.90. The van der Waals surface area contributed by atoms with Crippen molar-refractivity contribution in [2.24, 2.45) is 5.92 Å². The van der Waals surface area contributed by atoms with Crippen LogP contribution < -0.4 is 0 Å². The third kappa shape index (κ3) is 2.89. The number of methoxy groups -OCH3 is 1. The molecule has 4 atom stereocenters. The molecule has 2 fully saturated rings. The Morgan fingerprint density at radius 3 is 2.73 bits per heavy atom. The van der Waals surface area contributed by atoms with E-state index in [1.54, 1.807) is 0 Å². The Bertz CT molecular complexity index is 536. The highest BCUT2D eigenvalue weighted by Gasteiger charge is 2.50. The molecule has 0 radical (unpaired) electrons. The Kier molecular flexibility index (Phi) is 5.02. The lowest BCUT2D eigenvalue weighted by molar-refractivity contribution is -0.150. The molecule has 0 aliphatic carbocycles. The number of carbonyl (C=O) groups excluding carboxylic acids is 1. The van der Waals surface area contributed by atoms with Gasteiger partial charge in [-0.3, -0.25) is 9.69 Å². The number of esters is 1. The molecule has 0 N–H and O–H groups in total. The van der Waals surface area contributed by atoms with E-state index in [0.29, 0.717) is 12.6 Å². The molecular weight excluding hydrogens is 395 g/mol. The van der Waals surface area contributed by atoms with Crippen LogP contribution in [0.15, 0.2) is 24.3 Å². The first kappa shape index (κ1) is 16.2. The summed E-state index contributed by atoms with van der Waals surface area (Å²) in [6.45, 7) is 0.0807. The van der Waals surface area contributed by atoms with Gasteiger partial charge in [-0.05, 0) is 59.5 Å². The van der Waals surface area contributed by atoms with Gasteiger partial charge in [-0.1, -0.05) is 12.1 Å². The quantitative estimate of drug-likeness (QED) is 0.557. The average Bonchev–Trinajstić information content (AvgIpc) is 2.80. The second-order valence-electron chi connectivity index (χ2n) is 6.17. The Morgan fingerprint density at radius 2 is 2.09 bits per heavy atom. The number of halogens is 2. The zero-order valence-corrected chi connectivity index (χ0v) is 14.8. The molecule has 0 amide bonds. The van der Waals surface area contributed by atoms with E-state index in [0.717, 1.165) is 19.3 Å². The van der Waals surface area contributed by atoms with Crippen LogP contribution in [0.4, 0.5) is 4.39 Å². The molecule has 2 aliphatic rings. The Morgan fingerprint density at radius 1 is 1.36 bits per heavy atom. The van der Waals surface area contributed by atoms with Crippen LogP contribution in [0.2, 0.25) is 0 Å². The van der Waals surface area contributed by atoms with E-state index < -0.39 is 0 Å². The highest BCUT2D eigenvalue weighted by molar-refractivity contribution is 14.1. The largest absolute Gasteiger partial charge is 0.469 e. The predicted molar refractivity (Wildman–Crippen MR) is 91.5 cm³/mol. The van der Waals surface area contributed by atoms with Gasteiger partial charge in [0.1, 0.15) is 6.67 Å². The summed E-state index contributed by atoms with van der Waals surface area (Å²) in [4.78, 5) is 14.6. The first-order chi connectivity index (χ1) is 10.7. The van der Waals surface area contributed by atoms with Gasteiger partial charge in [0.25, 0.3) is 0 Å². The van der Waals surface area contributed by atoms with Crippen LogP contribution in [0.5, 0.6) is 0 Å². The van der Waals surface area contributed by atoms with Crippen molar-refractivity contribution in [1.29, 1.82) is 0 Å². The molecule has 120 valence electrons. The van der Waals surface area contributed by atoms with Crippen LogP contribution in [0.3, 0.4) is 0 Å². The SMILES string of the molecule is [11CH3]OC(=O)C1C(c2ccc(I)cc2)CC2CCC1N2CCF. The van der Waals surface area contributed by atoms with E-state index in [2.05, 4.69) is 51.8 Å². The summed E-state index contributed by atoms with van der Waals surface area (Å²) in [6, 6.07) is 8.91. The van der Waals surface area contributed by atoms with Crippen molar-refractivity contribution in [3.8, 4) is 0 Å². The highest BCUT2D eigenvalue weighted by atomic mass is 127. The van der Waals surface area contributed by atoms with Gasteiger partial charge >= 0.3 is 5.97 Å². The molecule has 1 aromatic rings. The summed E-state index contributed by atoms with van der Waals surface area (Å²) >= 11 is 2.29. The van der Waals surface area contributed by atoms with Gasteiger partial charge in [-0.15, -0.1) is 0 Å². The van der Waals surface area contributed by atoms with Crippen LogP contribution in [-0.2, 0) is 9.53 Å². The fraction of sp³-hybridized carbons (Fsp3) is 0.588. The first-order valence-corrected chi connectivity index (χ1v) is 8.88. The number of alkyl halides is 1. The number of nitrogens with zero attached hydrogens (tertiary/aromatic N) is 1. The second kappa shape index (κ2) is 6.83. The number of carbonyl (C=O) groups is 1. The lowest BCUT2D eigenvalue weighted by atomic mass is 9.76. The van der Waals surface area contributed by atoms with Crippen molar-refractivity contribution in [1.82, 2.24) is 4.90 Å². The number of hydrogen-bond acceptors (Lipinski definition) is 3. The van der Waals surface area contributed by atoms with Gasteiger partial charge in [0.2, 0.25) is 0 Å². The minimum atomic E-state index is -0.352. The third-order valence-electron chi connectivity index (χ3n) is 5.18. The topological polar surface area (TPSA) is 29.5 Å². The normalized spacial score (nSPS) is 31.2. The Hall–Kier alpha value is -0.690. The zero-order chi connectivity index (χ0) is 15.7. The van der Waals surface area contributed by atoms with Gasteiger partial charge in [0.05, 0.1) is 13.0 Å². The van der Waals surface area contributed by atoms with E-state index in [1.165, 1.54) is 16.2 Å². The number of piperidine rings is 1. The number of fused-ring (bicyclic) bond motifs is 2. The fourth-order valence-electron chi connectivity index (χ4n) is 4.27. The maximum absolute atomic E-state index is 12.9. The highest BCUT2D eigenvalue weighted by Crippen LogP contribution is 2.47. The monoisotopic (exact) mass is 416 g/mol. The molecule has 3 nitrogen and oxygen atoms in total. The van der Waals surface area contributed by atoms with Crippen LogP contribution >= 0.6 is 22.6 Å². The van der Waals surface area contributed by atoms with Crippen molar-refractivity contribution in [2.75, 3.05) is 20.3 Å². The average molecular weight is 416 g/mol. The van der Waals surface area contributed by atoms with E-state index in [9.17, 15) is 9.18 Å². The van der Waals surface area contributed by atoms with Gasteiger partial charge in [-0.2, -0.15) is 0 Å². The Labute approximate surface area is 144 Å². The molecule has 22 heavy (non-hydrogen) atoms. The fourth-order valence-corrected chi connectivity index (χ4v) is 4.63. The summed E-state index contributed by atoms with van der Waals surface area (Å²) < 4.78 is 19.1. The molecular formula is C17H21FINO2. The molecule has 3 rings (SSSR count). The molecule has 0 saturated carbocycles. The molecule has 0 aromatic heterocycles. The van der Waals surface area contributed by atoms with Crippen molar-refractivity contribution < 1.29 is 13.9 Å². The maximum atomic E-state index is 12.9. The second-order valence-corrected chi connectivity index (χ2v) is 7.41. The summed E-state index contributed by atoms with van der Waals surface area (Å²) in [5, 5.41) is 0. The minimum Gasteiger partial charge on any atom is -0.469 e.